The maximum absolute atomic E-state index is 13.2. The van der Waals surface area contributed by atoms with E-state index >= 15 is 0 Å². The van der Waals surface area contributed by atoms with E-state index in [0.717, 1.165) is 11.4 Å². The number of anilines is 1. The minimum atomic E-state index is -0.389. The smallest absolute Gasteiger partial charge is 0.259 e. The molecule has 0 unspecified atom stereocenters. The molecule has 8 heteroatoms. The van der Waals surface area contributed by atoms with Crippen LogP contribution in [0.3, 0.4) is 0 Å². The molecule has 0 aliphatic carbocycles. The van der Waals surface area contributed by atoms with Crippen molar-refractivity contribution in [2.75, 3.05) is 19.5 Å². The second kappa shape index (κ2) is 8.57. The Hall–Kier alpha value is -3.71. The van der Waals surface area contributed by atoms with Crippen molar-refractivity contribution in [1.29, 1.82) is 0 Å². The van der Waals surface area contributed by atoms with Crippen molar-refractivity contribution >= 4 is 23.2 Å². The largest absolute Gasteiger partial charge is 0.493 e. The van der Waals surface area contributed by atoms with Gasteiger partial charge in [0.1, 0.15) is 11.5 Å². The van der Waals surface area contributed by atoms with Crippen LogP contribution in [0.15, 0.2) is 65.2 Å². The molecule has 7 nitrogen and oxygen atoms in total. The monoisotopic (exact) mass is 437 g/mol. The number of nitrogens with zero attached hydrogens (tertiary/aromatic N) is 2. The molecule has 0 saturated heterocycles. The van der Waals surface area contributed by atoms with Crippen LogP contribution in [0.4, 0.5) is 5.69 Å². The Balaban J connectivity index is 1.75. The minimum Gasteiger partial charge on any atom is -0.493 e. The van der Waals surface area contributed by atoms with Crippen molar-refractivity contribution < 1.29 is 18.7 Å². The molecule has 2 aromatic carbocycles. The van der Waals surface area contributed by atoms with Gasteiger partial charge in [-0.2, -0.15) is 5.10 Å². The van der Waals surface area contributed by atoms with Crippen molar-refractivity contribution in [3.05, 3.63) is 77.1 Å². The molecule has 158 valence electrons. The van der Waals surface area contributed by atoms with E-state index < -0.39 is 0 Å². The number of halogens is 1. The molecule has 0 spiro atoms. The van der Waals surface area contributed by atoms with Crippen LogP contribution in [-0.4, -0.2) is 29.9 Å². The zero-order valence-corrected chi connectivity index (χ0v) is 17.9. The predicted octanol–water partition coefficient (Wildman–Crippen LogP) is 5.36. The molecule has 0 aliphatic heterocycles. The summed E-state index contributed by atoms with van der Waals surface area (Å²) in [5.41, 5.74) is 1.96. The van der Waals surface area contributed by atoms with E-state index in [1.165, 1.54) is 14.2 Å². The van der Waals surface area contributed by atoms with E-state index in [0.29, 0.717) is 39.2 Å². The number of rotatable bonds is 6. The maximum Gasteiger partial charge on any atom is 0.259 e. The van der Waals surface area contributed by atoms with Gasteiger partial charge in [0.05, 0.1) is 36.2 Å². The second-order valence-electron chi connectivity index (χ2n) is 6.72. The Bertz CT molecular complexity index is 1230. The van der Waals surface area contributed by atoms with Crippen LogP contribution in [0.25, 0.3) is 17.1 Å². The third kappa shape index (κ3) is 4.13. The highest BCUT2D eigenvalue weighted by Gasteiger charge is 2.22. The fourth-order valence-electron chi connectivity index (χ4n) is 3.14. The number of ether oxygens (including phenoxy) is 2. The van der Waals surface area contributed by atoms with Crippen molar-refractivity contribution in [2.45, 2.75) is 6.92 Å². The number of nitrogens with one attached hydrogen (secondary N) is 1. The number of benzene rings is 2. The molecule has 1 amide bonds. The molecular formula is C23H20ClN3O4. The molecule has 0 radical (unpaired) electrons. The number of furan rings is 1. The standard InChI is InChI=1S/C23H20ClN3O4/c1-14-9-10-19(31-14)22-16(13-27(26-22)15-7-5-4-6-8-15)23(28)25-18-12-21(30-3)20(29-2)11-17(18)24/h4-13H,1-3H3,(H,25,28). The lowest BCUT2D eigenvalue weighted by molar-refractivity contribution is 0.102. The quantitative estimate of drug-likeness (QED) is 0.439. The summed E-state index contributed by atoms with van der Waals surface area (Å²) in [6, 6.07) is 16.3. The number of hydrogen-bond acceptors (Lipinski definition) is 5. The third-order valence-electron chi connectivity index (χ3n) is 4.67. The first-order valence-corrected chi connectivity index (χ1v) is 9.82. The van der Waals surface area contributed by atoms with Crippen LogP contribution in [0.2, 0.25) is 5.02 Å². The Morgan fingerprint density at radius 3 is 2.42 bits per heavy atom. The lowest BCUT2D eigenvalue weighted by Gasteiger charge is -2.12. The molecule has 0 aliphatic rings. The molecule has 2 aromatic heterocycles. The Labute approximate surface area is 184 Å². The predicted molar refractivity (Wildman–Crippen MR) is 119 cm³/mol. The number of carbonyl (C=O) groups excluding carboxylic acids is 1. The Morgan fingerprint density at radius 2 is 1.77 bits per heavy atom. The highest BCUT2D eigenvalue weighted by molar-refractivity contribution is 6.34. The summed E-state index contributed by atoms with van der Waals surface area (Å²) >= 11 is 6.34. The number of amides is 1. The van der Waals surface area contributed by atoms with Crippen LogP contribution in [0.5, 0.6) is 11.5 Å². The fourth-order valence-corrected chi connectivity index (χ4v) is 3.34. The van der Waals surface area contributed by atoms with E-state index in [2.05, 4.69) is 10.4 Å². The number of methoxy groups -OCH3 is 2. The van der Waals surface area contributed by atoms with Gasteiger partial charge in [0.25, 0.3) is 5.91 Å². The SMILES string of the molecule is COc1cc(Cl)c(NC(=O)c2cn(-c3ccccc3)nc2-c2ccc(C)o2)cc1OC. The van der Waals surface area contributed by atoms with Crippen LogP contribution in [0.1, 0.15) is 16.1 Å². The van der Waals surface area contributed by atoms with Gasteiger partial charge in [-0.05, 0) is 31.2 Å². The van der Waals surface area contributed by atoms with Gasteiger partial charge in [0.15, 0.2) is 17.3 Å². The normalized spacial score (nSPS) is 10.7. The van der Waals surface area contributed by atoms with E-state index in [1.54, 1.807) is 29.1 Å². The molecule has 4 rings (SSSR count). The van der Waals surface area contributed by atoms with Gasteiger partial charge in [-0.15, -0.1) is 0 Å². The Morgan fingerprint density at radius 1 is 1.06 bits per heavy atom. The van der Waals surface area contributed by atoms with Crippen molar-refractivity contribution in [3.8, 4) is 28.6 Å². The molecule has 4 aromatic rings. The average Bonchev–Trinajstić information content (AvgIpc) is 3.42. The van der Waals surface area contributed by atoms with E-state index in [4.69, 9.17) is 25.5 Å². The molecule has 0 bridgehead atoms. The zero-order valence-electron chi connectivity index (χ0n) is 17.2. The van der Waals surface area contributed by atoms with Crippen LogP contribution >= 0.6 is 11.6 Å². The molecule has 0 fully saturated rings. The summed E-state index contributed by atoms with van der Waals surface area (Å²) in [6.45, 7) is 1.83. The third-order valence-corrected chi connectivity index (χ3v) is 4.99. The van der Waals surface area contributed by atoms with Crippen LogP contribution in [0, 0.1) is 6.92 Å². The second-order valence-corrected chi connectivity index (χ2v) is 7.13. The first-order valence-electron chi connectivity index (χ1n) is 9.45. The van der Waals surface area contributed by atoms with Gasteiger partial charge < -0.3 is 19.2 Å². The van der Waals surface area contributed by atoms with Crippen molar-refractivity contribution in [2.24, 2.45) is 0 Å². The van der Waals surface area contributed by atoms with Crippen LogP contribution < -0.4 is 14.8 Å². The van der Waals surface area contributed by atoms with Crippen molar-refractivity contribution in [3.63, 3.8) is 0 Å². The number of carbonyl (C=O) groups is 1. The van der Waals surface area contributed by atoms with Crippen LogP contribution in [-0.2, 0) is 0 Å². The summed E-state index contributed by atoms with van der Waals surface area (Å²) in [4.78, 5) is 13.2. The zero-order chi connectivity index (χ0) is 22.0. The maximum atomic E-state index is 13.2. The summed E-state index contributed by atoms with van der Waals surface area (Å²) < 4.78 is 17.9. The van der Waals surface area contributed by atoms with Crippen molar-refractivity contribution in [1.82, 2.24) is 9.78 Å². The summed E-state index contributed by atoms with van der Waals surface area (Å²) in [6.07, 6.45) is 1.66. The number of hydrogen-bond donors (Lipinski definition) is 1. The lowest BCUT2D eigenvalue weighted by Crippen LogP contribution is -2.13. The van der Waals surface area contributed by atoms with E-state index in [-0.39, 0.29) is 5.91 Å². The van der Waals surface area contributed by atoms with Gasteiger partial charge in [-0.3, -0.25) is 4.79 Å². The summed E-state index contributed by atoms with van der Waals surface area (Å²) in [5.74, 6) is 1.74. The topological polar surface area (TPSA) is 78.5 Å². The number of aryl methyl sites for hydroxylation is 1. The molecular weight excluding hydrogens is 418 g/mol. The van der Waals surface area contributed by atoms with Gasteiger partial charge in [0.2, 0.25) is 0 Å². The molecule has 0 atom stereocenters. The molecule has 2 heterocycles. The molecule has 0 saturated carbocycles. The van der Waals surface area contributed by atoms with Gasteiger partial charge in [-0.1, -0.05) is 29.8 Å². The highest BCUT2D eigenvalue weighted by atomic mass is 35.5. The number of para-hydroxylation sites is 1. The minimum absolute atomic E-state index is 0.317. The van der Waals surface area contributed by atoms with E-state index in [9.17, 15) is 4.79 Å². The van der Waals surface area contributed by atoms with Gasteiger partial charge in [-0.25, -0.2) is 4.68 Å². The molecule has 31 heavy (non-hydrogen) atoms. The molecule has 1 N–H and O–H groups in total. The summed E-state index contributed by atoms with van der Waals surface area (Å²) in [7, 11) is 3.03. The van der Waals surface area contributed by atoms with Gasteiger partial charge in [0, 0.05) is 18.3 Å². The van der Waals surface area contributed by atoms with E-state index in [1.807, 2.05) is 43.3 Å². The first-order chi connectivity index (χ1) is 15.0. The van der Waals surface area contributed by atoms with Gasteiger partial charge >= 0.3 is 0 Å². The summed E-state index contributed by atoms with van der Waals surface area (Å²) in [5, 5.41) is 7.74. The first kappa shape index (κ1) is 20.6. The Kier molecular flexibility index (Phi) is 5.68. The highest BCUT2D eigenvalue weighted by Crippen LogP contribution is 2.36. The lowest BCUT2D eigenvalue weighted by atomic mass is 10.2. The fraction of sp³-hybridized carbons (Fsp3) is 0.130. The number of aromatic nitrogens is 2. The average molecular weight is 438 g/mol.